The van der Waals surface area contributed by atoms with Crippen molar-refractivity contribution in [2.24, 2.45) is 18.7 Å². The topological polar surface area (TPSA) is 72.9 Å². The Morgan fingerprint density at radius 3 is 2.72 bits per heavy atom. The molecule has 1 heterocycles. The lowest BCUT2D eigenvalue weighted by Crippen LogP contribution is -2.38. The normalized spacial score (nSPS) is 23.3. The Kier molecular flexibility index (Phi) is 3.71. The molecule has 1 fully saturated rings. The Morgan fingerprint density at radius 2 is 2.22 bits per heavy atom. The third-order valence-electron chi connectivity index (χ3n) is 4.00. The molecule has 0 radical (unpaired) electrons. The second-order valence-corrected chi connectivity index (χ2v) is 5.19. The standard InChI is InChI=1S/C13H22N4O/c1-8-11(9(2)17(3)16-8)7-15-13(18)10-5-4-6-12(10)14/h10,12H,4-7,14H2,1-3H3,(H,15,18). The summed E-state index contributed by atoms with van der Waals surface area (Å²) >= 11 is 0. The van der Waals surface area contributed by atoms with Crippen LogP contribution in [0, 0.1) is 19.8 Å². The van der Waals surface area contributed by atoms with Crippen LogP contribution in [0.3, 0.4) is 0 Å². The lowest BCUT2D eigenvalue weighted by molar-refractivity contribution is -0.125. The van der Waals surface area contributed by atoms with Gasteiger partial charge in [0.2, 0.25) is 5.91 Å². The molecule has 2 unspecified atom stereocenters. The molecule has 2 atom stereocenters. The number of carbonyl (C=O) groups excluding carboxylic acids is 1. The highest BCUT2D eigenvalue weighted by atomic mass is 16.1. The van der Waals surface area contributed by atoms with Gasteiger partial charge in [-0.25, -0.2) is 0 Å². The van der Waals surface area contributed by atoms with Crippen LogP contribution in [-0.4, -0.2) is 21.7 Å². The summed E-state index contributed by atoms with van der Waals surface area (Å²) in [5.74, 6) is 0.0740. The second kappa shape index (κ2) is 5.10. The highest BCUT2D eigenvalue weighted by Gasteiger charge is 2.30. The number of hydrogen-bond acceptors (Lipinski definition) is 3. The summed E-state index contributed by atoms with van der Waals surface area (Å²) in [5.41, 5.74) is 9.12. The maximum Gasteiger partial charge on any atom is 0.224 e. The van der Waals surface area contributed by atoms with Crippen LogP contribution in [0.5, 0.6) is 0 Å². The minimum atomic E-state index is -0.0118. The molecule has 100 valence electrons. The maximum absolute atomic E-state index is 12.0. The first-order valence-electron chi connectivity index (χ1n) is 6.53. The molecule has 5 heteroatoms. The maximum atomic E-state index is 12.0. The first kappa shape index (κ1) is 13.1. The summed E-state index contributed by atoms with van der Waals surface area (Å²) in [7, 11) is 1.92. The van der Waals surface area contributed by atoms with Gasteiger partial charge in [0.05, 0.1) is 11.6 Å². The van der Waals surface area contributed by atoms with Crippen LogP contribution in [0.2, 0.25) is 0 Å². The highest BCUT2D eigenvalue weighted by Crippen LogP contribution is 2.24. The minimum absolute atomic E-state index is 0.0118. The molecule has 1 aliphatic rings. The van der Waals surface area contributed by atoms with E-state index in [0.717, 1.165) is 36.2 Å². The van der Waals surface area contributed by atoms with Crippen LogP contribution in [0.25, 0.3) is 0 Å². The van der Waals surface area contributed by atoms with E-state index in [9.17, 15) is 4.79 Å². The lowest BCUT2D eigenvalue weighted by Gasteiger charge is -2.15. The average Bonchev–Trinajstić information content (AvgIpc) is 2.83. The Morgan fingerprint density at radius 1 is 1.50 bits per heavy atom. The average molecular weight is 250 g/mol. The van der Waals surface area contributed by atoms with E-state index in [4.69, 9.17) is 5.73 Å². The van der Waals surface area contributed by atoms with Crippen LogP contribution >= 0.6 is 0 Å². The third-order valence-corrected chi connectivity index (χ3v) is 4.00. The van der Waals surface area contributed by atoms with Crippen molar-refractivity contribution < 1.29 is 4.79 Å². The zero-order valence-corrected chi connectivity index (χ0v) is 11.4. The molecule has 0 spiro atoms. The summed E-state index contributed by atoms with van der Waals surface area (Å²) in [5, 5.41) is 7.34. The molecular formula is C13H22N4O. The van der Waals surface area contributed by atoms with Crippen LogP contribution in [0.1, 0.15) is 36.2 Å². The molecule has 3 N–H and O–H groups in total. The molecule has 1 aliphatic carbocycles. The van der Waals surface area contributed by atoms with Crippen LogP contribution < -0.4 is 11.1 Å². The fraction of sp³-hybridized carbons (Fsp3) is 0.692. The number of rotatable bonds is 3. The Bertz CT molecular complexity index is 452. The van der Waals surface area contributed by atoms with Crippen molar-refractivity contribution >= 4 is 5.91 Å². The van der Waals surface area contributed by atoms with Gasteiger partial charge in [0.1, 0.15) is 0 Å². The number of amides is 1. The van der Waals surface area contributed by atoms with Crippen LogP contribution in [0.15, 0.2) is 0 Å². The van der Waals surface area contributed by atoms with Crippen LogP contribution in [0.4, 0.5) is 0 Å². The highest BCUT2D eigenvalue weighted by molar-refractivity contribution is 5.79. The summed E-state index contributed by atoms with van der Waals surface area (Å²) < 4.78 is 1.85. The molecule has 2 rings (SSSR count). The van der Waals surface area contributed by atoms with Gasteiger partial charge in [0.25, 0.3) is 0 Å². The predicted molar refractivity (Wildman–Crippen MR) is 69.8 cm³/mol. The van der Waals surface area contributed by atoms with Gasteiger partial charge in [0.15, 0.2) is 0 Å². The quantitative estimate of drug-likeness (QED) is 0.832. The minimum Gasteiger partial charge on any atom is -0.352 e. The number of nitrogens with one attached hydrogen (secondary N) is 1. The van der Waals surface area contributed by atoms with E-state index in [0.29, 0.717) is 6.54 Å². The van der Waals surface area contributed by atoms with Crippen molar-refractivity contribution in [3.05, 3.63) is 17.0 Å². The molecule has 0 aromatic carbocycles. The zero-order chi connectivity index (χ0) is 13.3. The summed E-state index contributed by atoms with van der Waals surface area (Å²) in [6, 6.07) is 0.0288. The Hall–Kier alpha value is -1.36. The number of hydrogen-bond donors (Lipinski definition) is 2. The van der Waals surface area contributed by atoms with E-state index in [1.807, 2.05) is 25.6 Å². The smallest absolute Gasteiger partial charge is 0.224 e. The zero-order valence-electron chi connectivity index (χ0n) is 11.4. The molecular weight excluding hydrogens is 228 g/mol. The van der Waals surface area contributed by atoms with Crippen molar-refractivity contribution in [1.82, 2.24) is 15.1 Å². The molecule has 0 saturated heterocycles. The fourth-order valence-corrected chi connectivity index (χ4v) is 2.69. The summed E-state index contributed by atoms with van der Waals surface area (Å²) in [6.07, 6.45) is 2.94. The molecule has 5 nitrogen and oxygen atoms in total. The SMILES string of the molecule is Cc1nn(C)c(C)c1CNC(=O)C1CCCC1N. The first-order chi connectivity index (χ1) is 8.50. The van der Waals surface area contributed by atoms with Crippen molar-refractivity contribution in [3.63, 3.8) is 0 Å². The van der Waals surface area contributed by atoms with E-state index < -0.39 is 0 Å². The van der Waals surface area contributed by atoms with E-state index in [-0.39, 0.29) is 17.9 Å². The van der Waals surface area contributed by atoms with Gasteiger partial charge < -0.3 is 11.1 Å². The van der Waals surface area contributed by atoms with Crippen LogP contribution in [-0.2, 0) is 18.4 Å². The van der Waals surface area contributed by atoms with Crippen molar-refractivity contribution in [2.45, 2.75) is 45.7 Å². The van der Waals surface area contributed by atoms with Gasteiger partial charge in [-0.15, -0.1) is 0 Å². The molecule has 1 aromatic heterocycles. The van der Waals surface area contributed by atoms with Gasteiger partial charge >= 0.3 is 0 Å². The van der Waals surface area contributed by atoms with Gasteiger partial charge in [-0.1, -0.05) is 6.42 Å². The summed E-state index contributed by atoms with van der Waals surface area (Å²) in [4.78, 5) is 12.0. The van der Waals surface area contributed by atoms with Gasteiger partial charge in [-0.05, 0) is 26.7 Å². The lowest BCUT2D eigenvalue weighted by atomic mass is 10.0. The fourth-order valence-electron chi connectivity index (χ4n) is 2.69. The number of aryl methyl sites for hydroxylation is 2. The molecule has 1 amide bonds. The Labute approximate surface area is 108 Å². The molecule has 18 heavy (non-hydrogen) atoms. The second-order valence-electron chi connectivity index (χ2n) is 5.19. The number of nitrogens with two attached hydrogens (primary N) is 1. The number of nitrogens with zero attached hydrogens (tertiary/aromatic N) is 2. The van der Waals surface area contributed by atoms with Gasteiger partial charge in [0, 0.05) is 30.9 Å². The van der Waals surface area contributed by atoms with Crippen molar-refractivity contribution in [3.8, 4) is 0 Å². The predicted octanol–water partition coefficient (Wildman–Crippen LogP) is 0.781. The first-order valence-corrected chi connectivity index (χ1v) is 6.53. The molecule has 0 aliphatic heterocycles. The van der Waals surface area contributed by atoms with E-state index in [2.05, 4.69) is 10.4 Å². The van der Waals surface area contributed by atoms with Crippen molar-refractivity contribution in [2.75, 3.05) is 0 Å². The molecule has 0 bridgehead atoms. The van der Waals surface area contributed by atoms with Gasteiger partial charge in [-0.2, -0.15) is 5.10 Å². The van der Waals surface area contributed by atoms with E-state index in [1.165, 1.54) is 0 Å². The third kappa shape index (κ3) is 2.41. The monoisotopic (exact) mass is 250 g/mol. The Balaban J connectivity index is 1.97. The van der Waals surface area contributed by atoms with Crippen molar-refractivity contribution in [1.29, 1.82) is 0 Å². The van der Waals surface area contributed by atoms with E-state index >= 15 is 0 Å². The number of aromatic nitrogens is 2. The largest absolute Gasteiger partial charge is 0.352 e. The number of carbonyl (C=O) groups is 1. The molecule has 1 saturated carbocycles. The van der Waals surface area contributed by atoms with Gasteiger partial charge in [-0.3, -0.25) is 9.48 Å². The summed E-state index contributed by atoms with van der Waals surface area (Å²) in [6.45, 7) is 4.53. The van der Waals surface area contributed by atoms with E-state index in [1.54, 1.807) is 0 Å². The molecule has 1 aromatic rings.